The summed E-state index contributed by atoms with van der Waals surface area (Å²) in [6.07, 6.45) is 3.51. The van der Waals surface area contributed by atoms with Crippen molar-refractivity contribution >= 4 is 23.2 Å². The van der Waals surface area contributed by atoms with Gasteiger partial charge < -0.3 is 0 Å². The third kappa shape index (κ3) is 2.60. The van der Waals surface area contributed by atoms with Crippen LogP contribution in [0.15, 0.2) is 29.3 Å². The number of aromatic nitrogens is 3. The highest BCUT2D eigenvalue weighted by atomic mass is 35.5. The Hall–Kier alpha value is -1.26. The van der Waals surface area contributed by atoms with Crippen molar-refractivity contribution in [2.75, 3.05) is 0 Å². The summed E-state index contributed by atoms with van der Waals surface area (Å²) in [7, 11) is 0. The topological polar surface area (TPSA) is 39.8 Å². The Morgan fingerprint density at radius 1 is 1.28 bits per heavy atom. The number of rotatable bonds is 3. The fourth-order valence-electron chi connectivity index (χ4n) is 1.68. The van der Waals surface area contributed by atoms with Crippen LogP contribution < -0.4 is 5.69 Å². The van der Waals surface area contributed by atoms with Crippen LogP contribution in [-0.4, -0.2) is 14.1 Å². The van der Waals surface area contributed by atoms with Gasteiger partial charge in [-0.1, -0.05) is 29.3 Å². The van der Waals surface area contributed by atoms with E-state index in [1.54, 1.807) is 33.7 Å². The molecule has 0 spiro atoms. The monoisotopic (exact) mass is 285 g/mol. The first-order chi connectivity index (χ1) is 8.49. The first-order valence-electron chi connectivity index (χ1n) is 5.57. The normalized spacial score (nSPS) is 11.2. The lowest BCUT2D eigenvalue weighted by atomic mass is 10.3. The highest BCUT2D eigenvalue weighted by Gasteiger charge is 2.09. The van der Waals surface area contributed by atoms with E-state index in [-0.39, 0.29) is 11.7 Å². The van der Waals surface area contributed by atoms with E-state index in [4.69, 9.17) is 23.2 Å². The quantitative estimate of drug-likeness (QED) is 0.814. The van der Waals surface area contributed by atoms with Gasteiger partial charge in [-0.25, -0.2) is 9.78 Å². The van der Waals surface area contributed by atoms with Crippen LogP contribution in [0.1, 0.15) is 25.5 Å². The molecule has 6 heteroatoms. The van der Waals surface area contributed by atoms with Gasteiger partial charge in [0.15, 0.2) is 0 Å². The number of hydrogen-bond donors (Lipinski definition) is 0. The van der Waals surface area contributed by atoms with Gasteiger partial charge in [0, 0.05) is 24.0 Å². The van der Waals surface area contributed by atoms with Crippen molar-refractivity contribution < 1.29 is 0 Å². The van der Waals surface area contributed by atoms with E-state index in [0.717, 1.165) is 5.56 Å². The highest BCUT2D eigenvalue weighted by molar-refractivity contribution is 6.32. The van der Waals surface area contributed by atoms with E-state index >= 15 is 0 Å². The van der Waals surface area contributed by atoms with E-state index in [1.807, 2.05) is 13.8 Å². The van der Waals surface area contributed by atoms with Crippen LogP contribution in [0.3, 0.4) is 0 Å². The molecule has 0 aliphatic carbocycles. The smallest absolute Gasteiger partial charge is 0.297 e. The largest absolute Gasteiger partial charge is 0.328 e. The molecule has 0 aliphatic rings. The maximum absolute atomic E-state index is 12.0. The molecule has 0 amide bonds. The van der Waals surface area contributed by atoms with Crippen molar-refractivity contribution in [2.45, 2.75) is 26.4 Å². The van der Waals surface area contributed by atoms with Crippen LogP contribution in [-0.2, 0) is 6.54 Å². The molecule has 0 fully saturated rings. The minimum absolute atomic E-state index is 0.0592. The molecular formula is C12H13Cl2N3O. The summed E-state index contributed by atoms with van der Waals surface area (Å²) in [5.41, 5.74) is 0.709. The average molecular weight is 286 g/mol. The molecule has 0 atom stereocenters. The zero-order valence-electron chi connectivity index (χ0n) is 10.1. The molecule has 96 valence electrons. The lowest BCUT2D eigenvalue weighted by Crippen LogP contribution is -2.25. The zero-order chi connectivity index (χ0) is 13.3. The summed E-state index contributed by atoms with van der Waals surface area (Å²) in [4.78, 5) is 16.0. The Kier molecular flexibility index (Phi) is 3.78. The summed E-state index contributed by atoms with van der Waals surface area (Å²) in [6.45, 7) is 4.31. The molecule has 0 bridgehead atoms. The standard InChI is InChI=1S/C12H13Cl2N3O/c1-8(2)17-6-5-16(12(17)18)7-9-3-4-10(13)15-11(9)14/h3-6,8H,7H2,1-2H3. The highest BCUT2D eigenvalue weighted by Crippen LogP contribution is 2.17. The molecule has 0 unspecified atom stereocenters. The summed E-state index contributed by atoms with van der Waals surface area (Å²) in [6, 6.07) is 3.57. The molecule has 0 N–H and O–H groups in total. The number of halogens is 2. The molecule has 2 heterocycles. The number of nitrogens with zero attached hydrogens (tertiary/aromatic N) is 3. The molecule has 0 saturated carbocycles. The minimum atomic E-state index is -0.0592. The molecule has 18 heavy (non-hydrogen) atoms. The van der Waals surface area contributed by atoms with Crippen molar-refractivity contribution in [1.29, 1.82) is 0 Å². The summed E-state index contributed by atoms with van der Waals surface area (Å²) >= 11 is 11.7. The Bertz CT molecular complexity index is 616. The Labute approximate surface area is 115 Å². The van der Waals surface area contributed by atoms with Crippen LogP contribution in [0.5, 0.6) is 0 Å². The second-order valence-corrected chi connectivity index (χ2v) is 5.04. The molecule has 0 aromatic carbocycles. The lowest BCUT2D eigenvalue weighted by molar-refractivity contribution is 0.561. The third-order valence-corrected chi connectivity index (χ3v) is 3.20. The Morgan fingerprint density at radius 3 is 2.56 bits per heavy atom. The second-order valence-electron chi connectivity index (χ2n) is 4.29. The predicted octanol–water partition coefficient (Wildman–Crippen LogP) is 2.98. The van der Waals surface area contributed by atoms with Gasteiger partial charge >= 0.3 is 5.69 Å². The van der Waals surface area contributed by atoms with E-state index in [2.05, 4.69) is 4.98 Å². The van der Waals surface area contributed by atoms with Crippen molar-refractivity contribution in [3.8, 4) is 0 Å². The summed E-state index contributed by atoms with van der Waals surface area (Å²) in [5.74, 6) is 0. The molecule has 0 saturated heterocycles. The fraction of sp³-hybridized carbons (Fsp3) is 0.333. The maximum atomic E-state index is 12.0. The van der Waals surface area contributed by atoms with Gasteiger partial charge in [0.25, 0.3) is 0 Å². The van der Waals surface area contributed by atoms with Crippen LogP contribution in [0.25, 0.3) is 0 Å². The maximum Gasteiger partial charge on any atom is 0.328 e. The van der Waals surface area contributed by atoms with Gasteiger partial charge in [-0.2, -0.15) is 0 Å². The molecule has 4 nitrogen and oxygen atoms in total. The summed E-state index contributed by atoms with van der Waals surface area (Å²) < 4.78 is 3.26. The predicted molar refractivity (Wildman–Crippen MR) is 72.4 cm³/mol. The number of imidazole rings is 1. The molecule has 2 aromatic heterocycles. The zero-order valence-corrected chi connectivity index (χ0v) is 11.6. The van der Waals surface area contributed by atoms with Crippen LogP contribution in [0.2, 0.25) is 10.3 Å². The van der Waals surface area contributed by atoms with Gasteiger partial charge in [0.05, 0.1) is 6.54 Å². The molecular weight excluding hydrogens is 273 g/mol. The fourth-order valence-corrected chi connectivity index (χ4v) is 2.09. The third-order valence-electron chi connectivity index (χ3n) is 2.66. The van der Waals surface area contributed by atoms with Crippen LogP contribution >= 0.6 is 23.2 Å². The van der Waals surface area contributed by atoms with Crippen molar-refractivity contribution in [3.63, 3.8) is 0 Å². The van der Waals surface area contributed by atoms with Gasteiger partial charge in [-0.3, -0.25) is 9.13 Å². The molecule has 0 aliphatic heterocycles. The van der Waals surface area contributed by atoms with Gasteiger partial charge in [-0.15, -0.1) is 0 Å². The Balaban J connectivity index is 2.32. The van der Waals surface area contributed by atoms with Gasteiger partial charge in [-0.05, 0) is 19.9 Å². The van der Waals surface area contributed by atoms with Crippen molar-refractivity contribution in [2.24, 2.45) is 0 Å². The van der Waals surface area contributed by atoms with Crippen LogP contribution in [0.4, 0.5) is 0 Å². The average Bonchev–Trinajstić information content (AvgIpc) is 2.64. The van der Waals surface area contributed by atoms with Gasteiger partial charge in [0.1, 0.15) is 10.3 Å². The van der Waals surface area contributed by atoms with Crippen molar-refractivity contribution in [3.05, 3.63) is 50.9 Å². The van der Waals surface area contributed by atoms with E-state index in [9.17, 15) is 4.79 Å². The number of hydrogen-bond acceptors (Lipinski definition) is 2. The minimum Gasteiger partial charge on any atom is -0.297 e. The SMILES string of the molecule is CC(C)n1ccn(Cc2ccc(Cl)nc2Cl)c1=O. The van der Waals surface area contributed by atoms with Crippen molar-refractivity contribution in [1.82, 2.24) is 14.1 Å². The molecule has 2 rings (SSSR count). The van der Waals surface area contributed by atoms with Gasteiger partial charge in [0.2, 0.25) is 0 Å². The first-order valence-corrected chi connectivity index (χ1v) is 6.33. The molecule has 0 radical (unpaired) electrons. The molecule has 2 aromatic rings. The first kappa shape index (κ1) is 13.2. The number of pyridine rings is 1. The Morgan fingerprint density at radius 2 is 2.00 bits per heavy atom. The van der Waals surface area contributed by atoms with E-state index in [1.165, 1.54) is 0 Å². The lowest BCUT2D eigenvalue weighted by Gasteiger charge is -2.06. The van der Waals surface area contributed by atoms with Crippen LogP contribution in [0, 0.1) is 0 Å². The summed E-state index contributed by atoms with van der Waals surface area (Å²) in [5, 5.41) is 0.669. The van der Waals surface area contributed by atoms with E-state index < -0.39 is 0 Å². The second kappa shape index (κ2) is 5.16. The van der Waals surface area contributed by atoms with E-state index in [0.29, 0.717) is 16.9 Å².